The molecule has 0 bridgehead atoms. The molecule has 5 heterocycles. The van der Waals surface area contributed by atoms with Crippen LogP contribution in [0, 0.1) is 11.7 Å². The number of nitrogens with zero attached hydrogens (tertiary/aromatic N) is 6. The molecule has 8 rings (SSSR count). The second kappa shape index (κ2) is 18.7. The zero-order valence-corrected chi connectivity index (χ0v) is 38.0. The molecule has 0 aliphatic carbocycles. The molecule has 13 nitrogen and oxygen atoms in total. The lowest BCUT2D eigenvalue weighted by Gasteiger charge is -2.40. The molecule has 0 spiro atoms. The van der Waals surface area contributed by atoms with Crippen LogP contribution in [0.1, 0.15) is 76.3 Å². The first kappa shape index (κ1) is 44.2. The van der Waals surface area contributed by atoms with Gasteiger partial charge in [-0.2, -0.15) is 0 Å². The average Bonchev–Trinajstić information content (AvgIpc) is 3.72. The van der Waals surface area contributed by atoms with Crippen LogP contribution in [-0.2, 0) is 25.0 Å². The summed E-state index contributed by atoms with van der Waals surface area (Å²) in [6, 6.07) is 23.1. The summed E-state index contributed by atoms with van der Waals surface area (Å²) in [6.45, 7) is 15.0. The summed E-state index contributed by atoms with van der Waals surface area (Å²) >= 11 is 1.43. The molecule has 0 unspecified atom stereocenters. The molecule has 63 heavy (non-hydrogen) atoms. The van der Waals surface area contributed by atoms with Crippen molar-refractivity contribution < 1.29 is 22.4 Å². The number of hydrogen-bond acceptors (Lipinski definition) is 12. The number of nitrogens with one attached hydrogen (secondary N) is 3. The lowest BCUT2D eigenvalue weighted by molar-refractivity contribution is -0.134. The number of thiazole rings is 1. The molecule has 2 amide bonds. The summed E-state index contributed by atoms with van der Waals surface area (Å²) in [5, 5.41) is 6.60. The second-order valence-electron chi connectivity index (χ2n) is 17.8. The lowest BCUT2D eigenvalue weighted by atomic mass is 9.90. The molecule has 5 aromatic rings. The smallest absolute Gasteiger partial charge is 0.234 e. The van der Waals surface area contributed by atoms with Gasteiger partial charge in [-0.1, -0.05) is 45.9 Å². The van der Waals surface area contributed by atoms with Crippen LogP contribution in [-0.4, -0.2) is 91.7 Å². The fourth-order valence-corrected chi connectivity index (χ4v) is 10.8. The number of piperazine rings is 1. The Morgan fingerprint density at radius 1 is 0.857 bits per heavy atom. The molecular formula is C47H56FN9O4S2. The maximum Gasteiger partial charge on any atom is 0.234 e. The number of halogens is 1. The molecule has 3 aromatic carbocycles. The third kappa shape index (κ3) is 10.5. The average molecular weight is 894 g/mol. The number of amides is 2. The number of hydrogen-bond donors (Lipinski definition) is 3. The van der Waals surface area contributed by atoms with Gasteiger partial charge in [0.25, 0.3) is 0 Å². The zero-order chi connectivity index (χ0) is 44.3. The van der Waals surface area contributed by atoms with Gasteiger partial charge >= 0.3 is 0 Å². The van der Waals surface area contributed by atoms with Crippen LogP contribution in [0.5, 0.6) is 0 Å². The van der Waals surface area contributed by atoms with E-state index in [9.17, 15) is 18.0 Å². The first-order chi connectivity index (χ1) is 30.2. The van der Waals surface area contributed by atoms with Crippen molar-refractivity contribution in [1.82, 2.24) is 25.2 Å². The first-order valence-electron chi connectivity index (χ1n) is 21.9. The summed E-state index contributed by atoms with van der Waals surface area (Å²) in [5.41, 5.74) is 4.88. The van der Waals surface area contributed by atoms with Crippen molar-refractivity contribution in [2.24, 2.45) is 5.92 Å². The molecule has 16 heteroatoms. The normalized spacial score (nSPS) is 18.1. The minimum Gasteiger partial charge on any atom is -0.372 e. The third-order valence-electron chi connectivity index (χ3n) is 12.0. The van der Waals surface area contributed by atoms with Gasteiger partial charge in [0.1, 0.15) is 0 Å². The van der Waals surface area contributed by atoms with Gasteiger partial charge in [-0.3, -0.25) is 24.5 Å². The Morgan fingerprint density at radius 3 is 2.21 bits per heavy atom. The Kier molecular flexibility index (Phi) is 13.1. The van der Waals surface area contributed by atoms with E-state index in [1.54, 1.807) is 31.3 Å². The van der Waals surface area contributed by atoms with Crippen LogP contribution in [0.4, 0.5) is 33.1 Å². The van der Waals surface area contributed by atoms with Crippen molar-refractivity contribution in [2.45, 2.75) is 71.1 Å². The Labute approximate surface area is 373 Å². The van der Waals surface area contributed by atoms with Crippen molar-refractivity contribution in [3.63, 3.8) is 0 Å². The number of imide groups is 1. The molecular weight excluding hydrogens is 838 g/mol. The van der Waals surface area contributed by atoms with Crippen molar-refractivity contribution in [3.8, 4) is 21.8 Å². The topological polar surface area (TPSA) is 153 Å². The van der Waals surface area contributed by atoms with Gasteiger partial charge in [0, 0.05) is 86.5 Å². The van der Waals surface area contributed by atoms with Crippen LogP contribution >= 0.6 is 11.3 Å². The minimum atomic E-state index is -3.71. The van der Waals surface area contributed by atoms with Crippen molar-refractivity contribution in [1.29, 1.82) is 0 Å². The van der Waals surface area contributed by atoms with Gasteiger partial charge in [-0.15, -0.1) is 11.3 Å². The quantitative estimate of drug-likeness (QED) is 0.0983. The zero-order valence-electron chi connectivity index (χ0n) is 36.4. The number of carbonyl (C=O) groups is 2. The summed E-state index contributed by atoms with van der Waals surface area (Å²) in [4.78, 5) is 46.2. The molecule has 332 valence electrons. The fourth-order valence-electron chi connectivity index (χ4n) is 8.56. The molecule has 3 saturated heterocycles. The maximum atomic E-state index is 16.1. The van der Waals surface area contributed by atoms with Crippen molar-refractivity contribution in [3.05, 3.63) is 95.4 Å². The molecule has 3 fully saturated rings. The largest absolute Gasteiger partial charge is 0.372 e. The number of benzene rings is 3. The van der Waals surface area contributed by atoms with E-state index >= 15 is 4.39 Å². The number of piperidine rings is 2. The van der Waals surface area contributed by atoms with Gasteiger partial charge in [-0.05, 0) is 91.8 Å². The summed E-state index contributed by atoms with van der Waals surface area (Å²) in [5.74, 6) is -0.380. The molecule has 2 aromatic heterocycles. The van der Waals surface area contributed by atoms with E-state index in [1.165, 1.54) is 23.1 Å². The Morgan fingerprint density at radius 2 is 1.54 bits per heavy atom. The van der Waals surface area contributed by atoms with E-state index in [4.69, 9.17) is 9.97 Å². The van der Waals surface area contributed by atoms with Crippen molar-refractivity contribution in [2.75, 3.05) is 71.4 Å². The van der Waals surface area contributed by atoms with Gasteiger partial charge < -0.3 is 15.1 Å². The predicted octanol–water partition coefficient (Wildman–Crippen LogP) is 8.16. The Bertz CT molecular complexity index is 2530. The van der Waals surface area contributed by atoms with Crippen molar-refractivity contribution >= 4 is 61.9 Å². The highest BCUT2D eigenvalue weighted by atomic mass is 32.2. The Balaban J connectivity index is 0.852. The molecule has 0 radical (unpaired) electrons. The Hall–Kier alpha value is -5.45. The highest BCUT2D eigenvalue weighted by Gasteiger charge is 2.30. The monoisotopic (exact) mass is 893 g/mol. The number of sulfonamides is 1. The maximum absolute atomic E-state index is 16.1. The van der Waals surface area contributed by atoms with E-state index in [1.807, 2.05) is 45.0 Å². The standard InChI is InChI=1S/C47H56FN9O4S2/c1-5-29-63(60,61)54-38-8-6-7-37(41(38)48)42-43(62-45(53-42)47(2,3)4)39-19-22-49-46(51-39)50-33-11-15-35(16-12-33)57-27-25-55(26-28-57)30-31-20-23-56(24-21-31)34-13-9-32(10-14-34)36-17-18-40(58)52-44(36)59/h6-16,19,22,31,36,54H,5,17-18,20-21,23-30H2,1-4H3,(H,49,50,51)(H,52,58,59)/t36-/m0/s1. The van der Waals surface area contributed by atoms with Crippen LogP contribution in [0.3, 0.4) is 0 Å². The SMILES string of the molecule is CCCS(=O)(=O)Nc1cccc(-c2nc(C(C)(C)C)sc2-c2ccnc(Nc3ccc(N4CCN(CC5CCN(c6ccc([C@@H]7CCC(=O)NC7=O)cc6)CC5)CC4)cc3)n2)c1F. The van der Waals surface area contributed by atoms with Crippen LogP contribution in [0.25, 0.3) is 21.8 Å². The van der Waals surface area contributed by atoms with Gasteiger partial charge in [0.2, 0.25) is 27.8 Å². The molecule has 0 saturated carbocycles. The molecule has 3 N–H and O–H groups in total. The number of carbonyl (C=O) groups excluding carboxylic acids is 2. The van der Waals surface area contributed by atoms with Crippen LogP contribution in [0.15, 0.2) is 79.0 Å². The number of anilines is 5. The van der Waals surface area contributed by atoms with E-state index in [2.05, 4.69) is 59.3 Å². The summed E-state index contributed by atoms with van der Waals surface area (Å²) < 4.78 is 43.6. The third-order valence-corrected chi connectivity index (χ3v) is 15.0. The molecule has 3 aliphatic heterocycles. The van der Waals surface area contributed by atoms with E-state index < -0.39 is 15.8 Å². The number of rotatable bonds is 13. The summed E-state index contributed by atoms with van der Waals surface area (Å²) in [6.07, 6.45) is 5.33. The fraction of sp³-hybridized carbons (Fsp3) is 0.426. The lowest BCUT2D eigenvalue weighted by Crippen LogP contribution is -2.49. The van der Waals surface area contributed by atoms with Crippen LogP contribution < -0.4 is 25.2 Å². The van der Waals surface area contributed by atoms with E-state index in [0.29, 0.717) is 47.4 Å². The molecule has 3 aliphatic rings. The predicted molar refractivity (Wildman–Crippen MR) is 250 cm³/mol. The van der Waals surface area contributed by atoms with Crippen LogP contribution in [0.2, 0.25) is 0 Å². The second-order valence-corrected chi connectivity index (χ2v) is 20.6. The van der Waals surface area contributed by atoms with Gasteiger partial charge in [-0.25, -0.2) is 27.8 Å². The summed E-state index contributed by atoms with van der Waals surface area (Å²) in [7, 11) is -3.71. The molecule has 1 atom stereocenters. The highest BCUT2D eigenvalue weighted by Crippen LogP contribution is 2.42. The van der Waals surface area contributed by atoms with Gasteiger partial charge in [0.05, 0.1) is 38.6 Å². The first-order valence-corrected chi connectivity index (χ1v) is 24.4. The minimum absolute atomic E-state index is 0.109. The van der Waals surface area contributed by atoms with Gasteiger partial charge in [0.15, 0.2) is 5.82 Å². The highest BCUT2D eigenvalue weighted by molar-refractivity contribution is 7.92. The number of aromatic nitrogens is 3. The van der Waals surface area contributed by atoms with E-state index in [-0.39, 0.29) is 40.2 Å². The van der Waals surface area contributed by atoms with E-state index in [0.717, 1.165) is 80.6 Å².